The molecule has 2 atom stereocenters. The van der Waals surface area contributed by atoms with Gasteiger partial charge in [-0.15, -0.1) is 0 Å². The molecule has 1 fully saturated rings. The van der Waals surface area contributed by atoms with Crippen molar-refractivity contribution in [2.75, 3.05) is 0 Å². The van der Waals surface area contributed by atoms with Gasteiger partial charge in [-0.1, -0.05) is 11.6 Å². The Morgan fingerprint density at radius 2 is 2.37 bits per heavy atom. The zero-order valence-corrected chi connectivity index (χ0v) is 12.1. The van der Waals surface area contributed by atoms with E-state index in [1.807, 2.05) is 6.20 Å². The van der Waals surface area contributed by atoms with E-state index in [9.17, 15) is 0 Å². The average Bonchev–Trinajstić information content (AvgIpc) is 2.99. The van der Waals surface area contributed by atoms with Crippen molar-refractivity contribution in [1.29, 1.82) is 0 Å². The molecule has 0 spiro atoms. The molecule has 0 aromatic carbocycles. The van der Waals surface area contributed by atoms with E-state index < -0.39 is 0 Å². The molecule has 102 valence electrons. The predicted octanol–water partition coefficient (Wildman–Crippen LogP) is 2.06. The number of hydrogen-bond acceptors (Lipinski definition) is 5. The van der Waals surface area contributed by atoms with E-state index in [4.69, 9.17) is 10.3 Å². The van der Waals surface area contributed by atoms with Crippen LogP contribution in [-0.4, -0.2) is 26.0 Å². The minimum Gasteiger partial charge on any atom is -0.339 e. The maximum atomic E-state index is 5.99. The van der Waals surface area contributed by atoms with Gasteiger partial charge >= 0.3 is 0 Å². The lowest BCUT2D eigenvalue weighted by molar-refractivity contribution is 0.297. The minimum absolute atomic E-state index is 0.260. The zero-order valence-electron chi connectivity index (χ0n) is 10.5. The van der Waals surface area contributed by atoms with Crippen LogP contribution in [0.5, 0.6) is 0 Å². The highest BCUT2D eigenvalue weighted by Gasteiger charge is 2.25. The lowest BCUT2D eigenvalue weighted by Crippen LogP contribution is -2.26. The van der Waals surface area contributed by atoms with Crippen LogP contribution in [0.15, 0.2) is 21.4 Å². The molecule has 7 heteroatoms. The van der Waals surface area contributed by atoms with Crippen molar-refractivity contribution in [3.8, 4) is 0 Å². The van der Waals surface area contributed by atoms with Gasteiger partial charge in [-0.3, -0.25) is 4.68 Å². The fourth-order valence-electron chi connectivity index (χ4n) is 2.52. The van der Waals surface area contributed by atoms with Crippen molar-refractivity contribution in [2.45, 2.75) is 44.2 Å². The lowest BCUT2D eigenvalue weighted by Gasteiger charge is -2.23. The van der Waals surface area contributed by atoms with Crippen LogP contribution in [0.1, 0.15) is 43.3 Å². The second kappa shape index (κ2) is 5.42. The fraction of sp³-hybridized carbons (Fsp3) is 0.583. The molecule has 2 aromatic heterocycles. The van der Waals surface area contributed by atoms with E-state index in [-0.39, 0.29) is 6.04 Å². The Kier molecular flexibility index (Phi) is 3.65. The summed E-state index contributed by atoms with van der Waals surface area (Å²) in [5.41, 5.74) is 5.99. The molecule has 19 heavy (non-hydrogen) atoms. The second-order valence-electron chi connectivity index (χ2n) is 5.03. The number of aromatic nitrogens is 4. The maximum absolute atomic E-state index is 5.99. The molecule has 2 aromatic rings. The van der Waals surface area contributed by atoms with Crippen LogP contribution in [0.2, 0.25) is 0 Å². The molecule has 6 nitrogen and oxygen atoms in total. The third-order valence-electron chi connectivity index (χ3n) is 3.45. The fourth-order valence-corrected chi connectivity index (χ4v) is 2.85. The topological polar surface area (TPSA) is 82.8 Å². The summed E-state index contributed by atoms with van der Waals surface area (Å²) >= 11 is 3.36. The first-order chi connectivity index (χ1) is 9.20. The van der Waals surface area contributed by atoms with Gasteiger partial charge < -0.3 is 10.3 Å². The van der Waals surface area contributed by atoms with Crippen LogP contribution in [-0.2, 0) is 6.54 Å². The Morgan fingerprint density at radius 3 is 3.11 bits per heavy atom. The van der Waals surface area contributed by atoms with Crippen molar-refractivity contribution in [3.63, 3.8) is 0 Å². The minimum atomic E-state index is 0.260. The summed E-state index contributed by atoms with van der Waals surface area (Å²) < 4.78 is 8.07. The van der Waals surface area contributed by atoms with Crippen molar-refractivity contribution < 1.29 is 4.52 Å². The van der Waals surface area contributed by atoms with Crippen LogP contribution >= 0.6 is 15.9 Å². The van der Waals surface area contributed by atoms with Crippen LogP contribution in [0.25, 0.3) is 0 Å². The Labute approximate surface area is 119 Å². The van der Waals surface area contributed by atoms with E-state index in [1.54, 1.807) is 10.9 Å². The van der Waals surface area contributed by atoms with Crippen LogP contribution in [0.3, 0.4) is 0 Å². The van der Waals surface area contributed by atoms with Gasteiger partial charge in [0.1, 0.15) is 6.54 Å². The highest BCUT2D eigenvalue weighted by atomic mass is 79.9. The number of halogens is 1. The normalized spacial score (nSPS) is 23.7. The van der Waals surface area contributed by atoms with E-state index >= 15 is 0 Å². The number of nitrogens with two attached hydrogens (primary N) is 1. The van der Waals surface area contributed by atoms with E-state index in [2.05, 4.69) is 31.2 Å². The zero-order chi connectivity index (χ0) is 13.2. The van der Waals surface area contributed by atoms with Crippen molar-refractivity contribution >= 4 is 15.9 Å². The molecule has 2 N–H and O–H groups in total. The first kappa shape index (κ1) is 12.8. The summed E-state index contributed by atoms with van der Waals surface area (Å²) in [6, 6.07) is 0.260. The lowest BCUT2D eigenvalue weighted by atomic mass is 9.86. The average molecular weight is 326 g/mol. The number of nitrogens with zero attached hydrogens (tertiary/aromatic N) is 4. The van der Waals surface area contributed by atoms with Crippen molar-refractivity contribution in [1.82, 2.24) is 19.9 Å². The molecule has 0 saturated heterocycles. The van der Waals surface area contributed by atoms with Crippen molar-refractivity contribution in [2.24, 2.45) is 5.73 Å². The highest BCUT2D eigenvalue weighted by molar-refractivity contribution is 9.10. The van der Waals surface area contributed by atoms with Gasteiger partial charge in [0, 0.05) is 18.2 Å². The summed E-state index contributed by atoms with van der Waals surface area (Å²) in [7, 11) is 0. The van der Waals surface area contributed by atoms with Crippen LogP contribution in [0.4, 0.5) is 0 Å². The van der Waals surface area contributed by atoms with Crippen molar-refractivity contribution in [3.05, 3.63) is 28.6 Å². The molecule has 0 aliphatic heterocycles. The molecule has 3 rings (SSSR count). The molecular weight excluding hydrogens is 310 g/mol. The van der Waals surface area contributed by atoms with Gasteiger partial charge in [-0.25, -0.2) is 0 Å². The van der Waals surface area contributed by atoms with Gasteiger partial charge in [0.25, 0.3) is 0 Å². The molecule has 0 amide bonds. The molecule has 2 heterocycles. The summed E-state index contributed by atoms with van der Waals surface area (Å²) in [4.78, 5) is 4.46. The SMILES string of the molecule is N[C@@H]1CCC[C@H](c2nc(Cn3cc(Br)cn3)no2)C1. The number of hydrogen-bond donors (Lipinski definition) is 1. The third-order valence-corrected chi connectivity index (χ3v) is 3.86. The van der Waals surface area contributed by atoms with E-state index in [0.29, 0.717) is 18.3 Å². The van der Waals surface area contributed by atoms with Gasteiger partial charge in [-0.2, -0.15) is 10.1 Å². The van der Waals surface area contributed by atoms with Gasteiger partial charge in [0.15, 0.2) is 5.82 Å². The van der Waals surface area contributed by atoms with Crippen LogP contribution in [0, 0.1) is 0 Å². The Hall–Kier alpha value is -1.21. The Morgan fingerprint density at radius 1 is 1.47 bits per heavy atom. The molecule has 0 radical (unpaired) electrons. The Bertz CT molecular complexity index is 552. The van der Waals surface area contributed by atoms with Gasteiger partial charge in [0.2, 0.25) is 5.89 Å². The van der Waals surface area contributed by atoms with Gasteiger partial charge in [0.05, 0.1) is 10.7 Å². The summed E-state index contributed by atoms with van der Waals surface area (Å²) in [6.45, 7) is 0.522. The maximum Gasteiger partial charge on any atom is 0.229 e. The number of rotatable bonds is 3. The summed E-state index contributed by atoms with van der Waals surface area (Å²) in [6.07, 6.45) is 7.87. The van der Waals surface area contributed by atoms with Crippen LogP contribution < -0.4 is 5.73 Å². The summed E-state index contributed by atoms with van der Waals surface area (Å²) in [5.74, 6) is 1.69. The van der Waals surface area contributed by atoms with E-state index in [1.165, 1.54) is 0 Å². The highest BCUT2D eigenvalue weighted by Crippen LogP contribution is 2.31. The quantitative estimate of drug-likeness (QED) is 0.933. The largest absolute Gasteiger partial charge is 0.339 e. The monoisotopic (exact) mass is 325 g/mol. The predicted molar refractivity (Wildman–Crippen MR) is 72.5 cm³/mol. The summed E-state index contributed by atoms with van der Waals surface area (Å²) in [5, 5.41) is 8.19. The standard InChI is InChI=1S/C12H16BrN5O/c13-9-5-15-18(6-9)7-11-16-12(19-17-11)8-2-1-3-10(14)4-8/h5-6,8,10H,1-4,7,14H2/t8-,10+/m0/s1. The molecular formula is C12H16BrN5O. The first-order valence-electron chi connectivity index (χ1n) is 6.47. The molecule has 1 saturated carbocycles. The molecule has 1 aliphatic carbocycles. The van der Waals surface area contributed by atoms with E-state index in [0.717, 1.165) is 36.0 Å². The first-order valence-corrected chi connectivity index (χ1v) is 7.26. The van der Waals surface area contributed by atoms with Gasteiger partial charge in [-0.05, 0) is 35.2 Å². The smallest absolute Gasteiger partial charge is 0.229 e. The molecule has 1 aliphatic rings. The molecule has 0 unspecified atom stereocenters. The second-order valence-corrected chi connectivity index (χ2v) is 5.94. The Balaban J connectivity index is 1.69. The third kappa shape index (κ3) is 3.03. The molecule has 0 bridgehead atoms.